The molecule has 6 nitrogen and oxygen atoms in total. The lowest BCUT2D eigenvalue weighted by atomic mass is 9.87. The topological polar surface area (TPSA) is 81.6 Å². The van der Waals surface area contributed by atoms with E-state index < -0.39 is 0 Å². The van der Waals surface area contributed by atoms with Crippen LogP contribution in [0.2, 0.25) is 0 Å². The van der Waals surface area contributed by atoms with Crippen LogP contribution in [0.1, 0.15) is 37.7 Å². The fourth-order valence-corrected chi connectivity index (χ4v) is 6.37. The first-order chi connectivity index (χ1) is 15.6. The Labute approximate surface area is 190 Å². The van der Waals surface area contributed by atoms with Gasteiger partial charge in [-0.2, -0.15) is 0 Å². The molecule has 2 aliphatic heterocycles. The quantitative estimate of drug-likeness (QED) is 0.425. The van der Waals surface area contributed by atoms with E-state index >= 15 is 0 Å². The van der Waals surface area contributed by atoms with Gasteiger partial charge < -0.3 is 14.9 Å². The van der Waals surface area contributed by atoms with Crippen LogP contribution in [0.25, 0.3) is 21.2 Å². The minimum atomic E-state index is -0.174. The molecule has 4 aromatic rings. The van der Waals surface area contributed by atoms with Gasteiger partial charge in [-0.3, -0.25) is 9.69 Å². The Morgan fingerprint density at radius 1 is 1.19 bits per heavy atom. The Hall–Kier alpha value is -2.90. The van der Waals surface area contributed by atoms with E-state index in [0.29, 0.717) is 29.6 Å². The highest BCUT2D eigenvalue weighted by Crippen LogP contribution is 2.41. The highest BCUT2D eigenvalue weighted by atomic mass is 32.1. The number of aromatic nitrogens is 1. The first-order valence-electron chi connectivity index (χ1n) is 11.2. The molecule has 2 aromatic carbocycles. The summed E-state index contributed by atoms with van der Waals surface area (Å²) in [5, 5.41) is 1.76. The van der Waals surface area contributed by atoms with Gasteiger partial charge in [0.2, 0.25) is 5.91 Å². The van der Waals surface area contributed by atoms with Crippen molar-refractivity contribution >= 4 is 38.4 Å². The molecule has 0 spiro atoms. The summed E-state index contributed by atoms with van der Waals surface area (Å²) < 4.78 is 13.0. The van der Waals surface area contributed by atoms with Gasteiger partial charge in [0.05, 0.1) is 16.5 Å². The first kappa shape index (κ1) is 19.8. The molecule has 0 saturated carbocycles. The Morgan fingerprint density at radius 2 is 2.00 bits per heavy atom. The highest BCUT2D eigenvalue weighted by Gasteiger charge is 2.41. The van der Waals surface area contributed by atoms with Crippen molar-refractivity contribution < 1.29 is 13.9 Å². The molecule has 1 amide bonds. The fourth-order valence-electron chi connectivity index (χ4n) is 5.54. The molecule has 1 unspecified atom stereocenters. The predicted molar refractivity (Wildman–Crippen MR) is 125 cm³/mol. The van der Waals surface area contributed by atoms with Crippen LogP contribution in [-0.4, -0.2) is 27.9 Å². The zero-order chi connectivity index (χ0) is 21.7. The summed E-state index contributed by atoms with van der Waals surface area (Å²) in [7, 11) is 0. The lowest BCUT2D eigenvalue weighted by Gasteiger charge is -2.38. The number of nitrogens with zero attached hydrogens (tertiary/aromatic N) is 2. The maximum absolute atomic E-state index is 11.4. The van der Waals surface area contributed by atoms with Gasteiger partial charge in [0.1, 0.15) is 11.3 Å². The van der Waals surface area contributed by atoms with Crippen LogP contribution >= 0.6 is 11.3 Å². The molecule has 2 aromatic heterocycles. The van der Waals surface area contributed by atoms with E-state index in [1.54, 1.807) is 0 Å². The highest BCUT2D eigenvalue weighted by molar-refractivity contribution is 7.20. The van der Waals surface area contributed by atoms with Crippen LogP contribution in [0, 0.1) is 5.92 Å². The van der Waals surface area contributed by atoms with E-state index in [2.05, 4.69) is 16.0 Å². The summed E-state index contributed by atoms with van der Waals surface area (Å²) in [4.78, 5) is 18.5. The van der Waals surface area contributed by atoms with E-state index in [9.17, 15) is 4.79 Å². The molecule has 7 heteroatoms. The number of hydrogen-bond acceptors (Lipinski definition) is 6. The number of hydrogen-bond donors (Lipinski definition) is 1. The predicted octanol–water partition coefficient (Wildman–Crippen LogP) is 5.45. The molecule has 3 atom stereocenters. The number of fused-ring (bicyclic) bond motifs is 4. The number of carbonyl (C=O) groups excluding carboxylic acids is 1. The molecule has 2 N–H and O–H groups in total. The van der Waals surface area contributed by atoms with Crippen LogP contribution < -0.4 is 10.5 Å². The summed E-state index contributed by atoms with van der Waals surface area (Å²) in [5.74, 6) is 0.988. The van der Waals surface area contributed by atoms with Gasteiger partial charge >= 0.3 is 0 Å². The first-order valence-corrected chi connectivity index (χ1v) is 12.0. The minimum absolute atomic E-state index is 0.174. The largest absolute Gasteiger partial charge is 0.464 e. The van der Waals surface area contributed by atoms with Crippen molar-refractivity contribution in [2.24, 2.45) is 11.7 Å². The Morgan fingerprint density at radius 3 is 2.78 bits per heavy atom. The normalized spacial score (nSPS) is 23.2. The van der Waals surface area contributed by atoms with Crippen molar-refractivity contribution in [3.63, 3.8) is 0 Å². The third-order valence-electron chi connectivity index (χ3n) is 6.93. The standard InChI is InChI=1S/C25H25N3O3S/c26-24(29)11-15-9-17-5-6-18(10-15)28(17)13-16-14-30-22-12-19(7-8-20(16)22)31-25-27-21-3-1-2-4-23(21)32-25/h1-4,7-8,12,14-15,17-18H,5-6,9-11,13H2,(H2,26,29)/t15?,17-,18+. The van der Waals surface area contributed by atoms with E-state index in [0.717, 1.165) is 46.3 Å². The molecule has 164 valence electrons. The summed E-state index contributed by atoms with van der Waals surface area (Å²) in [6, 6.07) is 15.1. The minimum Gasteiger partial charge on any atom is -0.464 e. The molecule has 0 aliphatic carbocycles. The second kappa shape index (κ2) is 7.90. The van der Waals surface area contributed by atoms with Gasteiger partial charge in [-0.05, 0) is 55.9 Å². The monoisotopic (exact) mass is 447 g/mol. The summed E-state index contributed by atoms with van der Waals surface area (Å²) in [5.41, 5.74) is 8.42. The van der Waals surface area contributed by atoms with Crippen molar-refractivity contribution in [3.05, 3.63) is 54.3 Å². The van der Waals surface area contributed by atoms with Crippen LogP contribution in [0.5, 0.6) is 10.9 Å². The number of amides is 1. The summed E-state index contributed by atoms with van der Waals surface area (Å²) in [6.07, 6.45) is 6.94. The van der Waals surface area contributed by atoms with Crippen molar-refractivity contribution in [2.45, 2.75) is 50.7 Å². The molecular weight excluding hydrogens is 422 g/mol. The fraction of sp³-hybridized carbons (Fsp3) is 0.360. The van der Waals surface area contributed by atoms with E-state index in [1.807, 2.05) is 42.7 Å². The number of ether oxygens (including phenoxy) is 1. The van der Waals surface area contributed by atoms with Crippen molar-refractivity contribution in [2.75, 3.05) is 0 Å². The maximum Gasteiger partial charge on any atom is 0.279 e. The zero-order valence-electron chi connectivity index (χ0n) is 17.7. The van der Waals surface area contributed by atoms with Gasteiger partial charge in [0.15, 0.2) is 0 Å². The lowest BCUT2D eigenvalue weighted by Crippen LogP contribution is -2.43. The molecular formula is C25H25N3O3S. The molecule has 0 radical (unpaired) electrons. The Bertz CT molecular complexity index is 1250. The number of para-hydroxylation sites is 1. The molecule has 32 heavy (non-hydrogen) atoms. The van der Waals surface area contributed by atoms with E-state index in [1.165, 1.54) is 29.7 Å². The number of thiazole rings is 1. The van der Waals surface area contributed by atoms with Gasteiger partial charge in [-0.25, -0.2) is 4.98 Å². The number of piperidine rings is 1. The molecule has 2 saturated heterocycles. The SMILES string of the molecule is NC(=O)CC1C[C@H]2CC[C@@H](C1)N2Cc1coc2cc(Oc3nc4ccccc4s3)ccc12. The van der Waals surface area contributed by atoms with Crippen LogP contribution in [0.4, 0.5) is 0 Å². The number of nitrogens with two attached hydrogens (primary N) is 1. The van der Waals surface area contributed by atoms with Gasteiger partial charge in [0.25, 0.3) is 5.19 Å². The van der Waals surface area contributed by atoms with Gasteiger partial charge in [-0.15, -0.1) is 0 Å². The second-order valence-corrected chi connectivity index (χ2v) is 10.0. The zero-order valence-corrected chi connectivity index (χ0v) is 18.5. The molecule has 4 heterocycles. The van der Waals surface area contributed by atoms with Crippen LogP contribution in [0.3, 0.4) is 0 Å². The number of rotatable bonds is 6. The molecule has 2 fully saturated rings. The lowest BCUT2D eigenvalue weighted by molar-refractivity contribution is -0.119. The Kier molecular flexibility index (Phi) is 4.88. The summed E-state index contributed by atoms with van der Waals surface area (Å²) >= 11 is 1.54. The van der Waals surface area contributed by atoms with E-state index in [4.69, 9.17) is 14.9 Å². The average molecular weight is 448 g/mol. The van der Waals surface area contributed by atoms with Gasteiger partial charge in [0, 0.05) is 42.1 Å². The number of furan rings is 1. The molecule has 2 aliphatic rings. The van der Waals surface area contributed by atoms with E-state index in [-0.39, 0.29) is 5.91 Å². The number of carbonyl (C=O) groups is 1. The van der Waals surface area contributed by atoms with Crippen LogP contribution in [0.15, 0.2) is 53.1 Å². The molecule has 2 bridgehead atoms. The van der Waals surface area contributed by atoms with Gasteiger partial charge in [-0.1, -0.05) is 23.5 Å². The molecule has 6 rings (SSSR count). The maximum atomic E-state index is 11.4. The van der Waals surface area contributed by atoms with Crippen molar-refractivity contribution in [1.82, 2.24) is 9.88 Å². The third-order valence-corrected chi connectivity index (χ3v) is 7.85. The number of primary amides is 1. The van der Waals surface area contributed by atoms with Crippen molar-refractivity contribution in [1.29, 1.82) is 0 Å². The summed E-state index contributed by atoms with van der Waals surface area (Å²) in [6.45, 7) is 0.879. The number of benzene rings is 2. The van der Waals surface area contributed by atoms with Crippen molar-refractivity contribution in [3.8, 4) is 10.9 Å². The van der Waals surface area contributed by atoms with Crippen LogP contribution in [-0.2, 0) is 11.3 Å². The third kappa shape index (κ3) is 3.65. The Balaban J connectivity index is 1.18. The smallest absolute Gasteiger partial charge is 0.279 e. The second-order valence-electron chi connectivity index (χ2n) is 9.03. The average Bonchev–Trinajstić information content (AvgIpc) is 3.42.